The molecule has 0 bridgehead atoms. The quantitative estimate of drug-likeness (QED) is 0.710. The first-order valence-corrected chi connectivity index (χ1v) is 7.11. The molecule has 3 N–H and O–H groups in total. The Labute approximate surface area is 141 Å². The van der Waals surface area contributed by atoms with Gasteiger partial charge in [-0.3, -0.25) is 4.79 Å². The fraction of sp³-hybridized carbons (Fsp3) is 0. The number of hydrogen-bond donors (Lipinski definition) is 2. The molecule has 0 fully saturated rings. The van der Waals surface area contributed by atoms with Crippen molar-refractivity contribution in [3.05, 3.63) is 72.3 Å². The Morgan fingerprint density at radius 2 is 1.80 bits per heavy atom. The highest BCUT2D eigenvalue weighted by Crippen LogP contribution is 2.25. The Bertz CT molecular complexity index is 920. The monoisotopic (exact) mass is 342 g/mol. The molecule has 1 amide bonds. The van der Waals surface area contributed by atoms with Crippen LogP contribution in [-0.4, -0.2) is 15.9 Å². The number of anilines is 2. The topological polar surface area (TPSA) is 90.1 Å². The summed E-state index contributed by atoms with van der Waals surface area (Å²) in [6.07, 6.45) is 4.13. The molecule has 0 radical (unpaired) electrons. The van der Waals surface area contributed by atoms with Gasteiger partial charge in [0.2, 0.25) is 0 Å². The van der Waals surface area contributed by atoms with Crippen LogP contribution in [-0.2, 0) is 0 Å². The van der Waals surface area contributed by atoms with Crippen LogP contribution in [0, 0.1) is 11.6 Å². The largest absolute Gasteiger partial charge is 0.454 e. The number of hydrogen-bond acceptors (Lipinski definition) is 5. The van der Waals surface area contributed by atoms with E-state index in [0.717, 1.165) is 18.2 Å². The second kappa shape index (κ2) is 6.91. The molecule has 2 aromatic carbocycles. The maximum absolute atomic E-state index is 13.8. The van der Waals surface area contributed by atoms with Gasteiger partial charge in [-0.2, -0.15) is 0 Å². The maximum Gasteiger partial charge on any atom is 0.258 e. The third-order valence-corrected chi connectivity index (χ3v) is 3.14. The van der Waals surface area contributed by atoms with E-state index in [1.54, 1.807) is 0 Å². The molecule has 1 heterocycles. The minimum atomic E-state index is -0.760. The molecule has 126 valence electrons. The molecule has 0 aliphatic heterocycles. The summed E-state index contributed by atoms with van der Waals surface area (Å²) in [6, 6.07) is 7.21. The van der Waals surface area contributed by atoms with Crippen LogP contribution in [0.4, 0.5) is 20.2 Å². The minimum Gasteiger partial charge on any atom is -0.454 e. The Balaban J connectivity index is 1.83. The van der Waals surface area contributed by atoms with Crippen molar-refractivity contribution in [3.63, 3.8) is 0 Å². The molecule has 8 heteroatoms. The van der Waals surface area contributed by atoms with Crippen molar-refractivity contribution < 1.29 is 18.3 Å². The number of halogens is 2. The van der Waals surface area contributed by atoms with Crippen molar-refractivity contribution in [2.45, 2.75) is 0 Å². The SMILES string of the molecule is Nc1ccc(F)c(C(=O)Nc2cc(F)cc(Oc3cncnc3)c2)c1. The van der Waals surface area contributed by atoms with Crippen LogP contribution in [0.2, 0.25) is 0 Å². The fourth-order valence-electron chi connectivity index (χ4n) is 2.08. The van der Waals surface area contributed by atoms with Crippen molar-refractivity contribution in [2.24, 2.45) is 0 Å². The minimum absolute atomic E-state index is 0.0960. The van der Waals surface area contributed by atoms with Crippen LogP contribution in [0.15, 0.2) is 55.1 Å². The average molecular weight is 342 g/mol. The molecule has 6 nitrogen and oxygen atoms in total. The predicted octanol–water partition coefficient (Wildman–Crippen LogP) is 3.38. The predicted molar refractivity (Wildman–Crippen MR) is 87.3 cm³/mol. The molecule has 0 saturated heterocycles. The highest BCUT2D eigenvalue weighted by Gasteiger charge is 2.13. The van der Waals surface area contributed by atoms with E-state index in [1.807, 2.05) is 0 Å². The molecule has 25 heavy (non-hydrogen) atoms. The van der Waals surface area contributed by atoms with E-state index >= 15 is 0 Å². The van der Waals surface area contributed by atoms with Gasteiger partial charge in [0.25, 0.3) is 5.91 Å². The van der Waals surface area contributed by atoms with Crippen LogP contribution < -0.4 is 15.8 Å². The zero-order chi connectivity index (χ0) is 17.8. The first-order chi connectivity index (χ1) is 12.0. The Kier molecular flexibility index (Phi) is 4.51. The van der Waals surface area contributed by atoms with Crippen LogP contribution >= 0.6 is 0 Å². The zero-order valence-electron chi connectivity index (χ0n) is 12.7. The molecule has 0 unspecified atom stereocenters. The Morgan fingerprint density at radius 1 is 1.04 bits per heavy atom. The number of aromatic nitrogens is 2. The number of carbonyl (C=O) groups excluding carboxylic acids is 1. The lowest BCUT2D eigenvalue weighted by Crippen LogP contribution is -2.14. The van der Waals surface area contributed by atoms with E-state index in [4.69, 9.17) is 10.5 Å². The number of benzene rings is 2. The molecule has 0 aliphatic rings. The van der Waals surface area contributed by atoms with E-state index < -0.39 is 17.5 Å². The molecular weight excluding hydrogens is 330 g/mol. The van der Waals surface area contributed by atoms with Crippen molar-refractivity contribution >= 4 is 17.3 Å². The van der Waals surface area contributed by atoms with Gasteiger partial charge >= 0.3 is 0 Å². The first-order valence-electron chi connectivity index (χ1n) is 7.11. The van der Waals surface area contributed by atoms with Crippen molar-refractivity contribution in [2.75, 3.05) is 11.1 Å². The van der Waals surface area contributed by atoms with Gasteiger partial charge in [0.05, 0.1) is 18.0 Å². The lowest BCUT2D eigenvalue weighted by Gasteiger charge is -2.10. The Hall–Kier alpha value is -3.55. The molecule has 3 rings (SSSR count). The van der Waals surface area contributed by atoms with E-state index in [0.29, 0.717) is 5.75 Å². The summed E-state index contributed by atoms with van der Waals surface area (Å²) in [5.41, 5.74) is 5.64. The highest BCUT2D eigenvalue weighted by molar-refractivity contribution is 6.05. The van der Waals surface area contributed by atoms with Gasteiger partial charge < -0.3 is 15.8 Å². The lowest BCUT2D eigenvalue weighted by molar-refractivity contribution is 0.102. The van der Waals surface area contributed by atoms with Crippen LogP contribution in [0.1, 0.15) is 10.4 Å². The van der Waals surface area contributed by atoms with Gasteiger partial charge in [-0.1, -0.05) is 0 Å². The number of rotatable bonds is 4. The number of nitrogens with zero attached hydrogens (tertiary/aromatic N) is 2. The molecule has 0 atom stereocenters. The second-order valence-electron chi connectivity index (χ2n) is 5.05. The van der Waals surface area contributed by atoms with Crippen molar-refractivity contribution in [1.82, 2.24) is 9.97 Å². The van der Waals surface area contributed by atoms with Gasteiger partial charge in [-0.05, 0) is 24.3 Å². The number of nitrogen functional groups attached to an aromatic ring is 1. The highest BCUT2D eigenvalue weighted by atomic mass is 19.1. The van der Waals surface area contributed by atoms with E-state index in [-0.39, 0.29) is 22.7 Å². The number of ether oxygens (including phenoxy) is 1. The molecule has 0 saturated carbocycles. The van der Waals surface area contributed by atoms with E-state index in [2.05, 4.69) is 15.3 Å². The van der Waals surface area contributed by atoms with Gasteiger partial charge in [-0.15, -0.1) is 0 Å². The summed E-state index contributed by atoms with van der Waals surface area (Å²) in [5.74, 6) is -1.71. The van der Waals surface area contributed by atoms with E-state index in [1.165, 1.54) is 36.9 Å². The maximum atomic E-state index is 13.8. The molecule has 1 aromatic heterocycles. The van der Waals surface area contributed by atoms with E-state index in [9.17, 15) is 13.6 Å². The average Bonchev–Trinajstić information content (AvgIpc) is 2.57. The lowest BCUT2D eigenvalue weighted by atomic mass is 10.1. The summed E-state index contributed by atoms with van der Waals surface area (Å²) in [4.78, 5) is 19.7. The Morgan fingerprint density at radius 3 is 2.56 bits per heavy atom. The normalized spacial score (nSPS) is 10.3. The zero-order valence-corrected chi connectivity index (χ0v) is 12.7. The van der Waals surface area contributed by atoms with Crippen molar-refractivity contribution in [1.29, 1.82) is 0 Å². The molecule has 3 aromatic rings. The van der Waals surface area contributed by atoms with Gasteiger partial charge in [-0.25, -0.2) is 18.7 Å². The molecule has 0 aliphatic carbocycles. The number of nitrogens with one attached hydrogen (secondary N) is 1. The van der Waals surface area contributed by atoms with Gasteiger partial charge in [0.1, 0.15) is 23.7 Å². The summed E-state index contributed by atoms with van der Waals surface area (Å²) >= 11 is 0. The van der Waals surface area contributed by atoms with Gasteiger partial charge in [0.15, 0.2) is 5.75 Å². The third kappa shape index (κ3) is 4.05. The third-order valence-electron chi connectivity index (χ3n) is 3.14. The van der Waals surface area contributed by atoms with Crippen LogP contribution in [0.25, 0.3) is 0 Å². The van der Waals surface area contributed by atoms with Crippen LogP contribution in [0.3, 0.4) is 0 Å². The second-order valence-corrected chi connectivity index (χ2v) is 5.05. The number of carbonyl (C=O) groups is 1. The number of amides is 1. The van der Waals surface area contributed by atoms with Gasteiger partial charge in [0, 0.05) is 23.5 Å². The number of nitrogens with two attached hydrogens (primary N) is 1. The first kappa shape index (κ1) is 16.3. The molecule has 0 spiro atoms. The fourth-order valence-corrected chi connectivity index (χ4v) is 2.08. The summed E-state index contributed by atoms with van der Waals surface area (Å²) in [5, 5.41) is 2.41. The smallest absolute Gasteiger partial charge is 0.258 e. The van der Waals surface area contributed by atoms with Crippen molar-refractivity contribution in [3.8, 4) is 11.5 Å². The summed E-state index contributed by atoms with van der Waals surface area (Å²) in [7, 11) is 0. The van der Waals surface area contributed by atoms with Crippen LogP contribution in [0.5, 0.6) is 11.5 Å². The summed E-state index contributed by atoms with van der Waals surface area (Å²) < 4.78 is 32.9. The summed E-state index contributed by atoms with van der Waals surface area (Å²) in [6.45, 7) is 0. The standard InChI is InChI=1S/C17H12F2N4O2/c18-10-3-12(6-13(4-10)25-14-7-21-9-22-8-14)23-17(24)15-5-11(20)1-2-16(15)19/h1-9H,20H2,(H,23,24). The molecular formula is C17H12F2N4O2.